The summed E-state index contributed by atoms with van der Waals surface area (Å²) >= 11 is 0. The van der Waals surface area contributed by atoms with Crippen molar-refractivity contribution in [3.63, 3.8) is 0 Å². The van der Waals surface area contributed by atoms with Crippen LogP contribution >= 0.6 is 0 Å². The number of esters is 1. The number of nitrogens with two attached hydrogens (primary N) is 1. The van der Waals surface area contributed by atoms with Gasteiger partial charge < -0.3 is 15.2 Å². The van der Waals surface area contributed by atoms with Gasteiger partial charge in [0.25, 0.3) is 0 Å². The van der Waals surface area contributed by atoms with Gasteiger partial charge in [-0.15, -0.1) is 0 Å². The van der Waals surface area contributed by atoms with Crippen LogP contribution in [0.4, 0.5) is 0 Å². The minimum absolute atomic E-state index is 0.00237. The van der Waals surface area contributed by atoms with E-state index >= 15 is 0 Å². The fraction of sp³-hybridized carbons (Fsp3) is 0.900. The standard InChI is InChI=1S/C10H21NO3/c1-5-8(11)6-13-7-9(12)14-10(2,3)4/h8H,5-7,11H2,1-4H3. The summed E-state index contributed by atoms with van der Waals surface area (Å²) in [6, 6.07) is -0.00237. The first-order valence-electron chi connectivity index (χ1n) is 4.90. The van der Waals surface area contributed by atoms with Gasteiger partial charge in [-0.2, -0.15) is 0 Å². The Kier molecular flexibility index (Phi) is 5.72. The second kappa shape index (κ2) is 5.98. The smallest absolute Gasteiger partial charge is 0.332 e. The third kappa shape index (κ3) is 8.01. The van der Waals surface area contributed by atoms with E-state index in [0.29, 0.717) is 6.61 Å². The van der Waals surface area contributed by atoms with Crippen molar-refractivity contribution in [2.24, 2.45) is 5.73 Å². The average molecular weight is 203 g/mol. The zero-order valence-electron chi connectivity index (χ0n) is 9.50. The number of carbonyl (C=O) groups excluding carboxylic acids is 1. The zero-order chi connectivity index (χ0) is 11.2. The Bertz CT molecular complexity index is 175. The van der Waals surface area contributed by atoms with Crippen molar-refractivity contribution in [3.05, 3.63) is 0 Å². The van der Waals surface area contributed by atoms with Gasteiger partial charge in [-0.25, -0.2) is 4.79 Å². The molecule has 84 valence electrons. The minimum Gasteiger partial charge on any atom is -0.458 e. The van der Waals surface area contributed by atoms with Crippen LogP contribution in [0.25, 0.3) is 0 Å². The van der Waals surface area contributed by atoms with Crippen molar-refractivity contribution < 1.29 is 14.3 Å². The van der Waals surface area contributed by atoms with Gasteiger partial charge in [-0.3, -0.25) is 0 Å². The number of hydrogen-bond acceptors (Lipinski definition) is 4. The van der Waals surface area contributed by atoms with Crippen molar-refractivity contribution in [3.8, 4) is 0 Å². The molecule has 0 bridgehead atoms. The molecule has 0 heterocycles. The molecule has 0 fully saturated rings. The van der Waals surface area contributed by atoms with Gasteiger partial charge in [-0.1, -0.05) is 6.92 Å². The van der Waals surface area contributed by atoms with Gasteiger partial charge in [0.1, 0.15) is 12.2 Å². The van der Waals surface area contributed by atoms with Crippen LogP contribution in [0.2, 0.25) is 0 Å². The molecule has 0 saturated carbocycles. The lowest BCUT2D eigenvalue weighted by atomic mass is 10.2. The van der Waals surface area contributed by atoms with Gasteiger partial charge in [0, 0.05) is 6.04 Å². The van der Waals surface area contributed by atoms with E-state index in [2.05, 4.69) is 0 Å². The van der Waals surface area contributed by atoms with Crippen molar-refractivity contribution in [1.29, 1.82) is 0 Å². The number of rotatable bonds is 5. The molecule has 4 heteroatoms. The van der Waals surface area contributed by atoms with Crippen LogP contribution in [0.1, 0.15) is 34.1 Å². The number of carbonyl (C=O) groups is 1. The Labute approximate surface area is 85.8 Å². The lowest BCUT2D eigenvalue weighted by Crippen LogP contribution is -2.30. The topological polar surface area (TPSA) is 61.5 Å². The summed E-state index contributed by atoms with van der Waals surface area (Å²) < 4.78 is 10.1. The first-order chi connectivity index (χ1) is 6.35. The molecule has 0 amide bonds. The molecule has 0 aliphatic rings. The van der Waals surface area contributed by atoms with Crippen molar-refractivity contribution in [1.82, 2.24) is 0 Å². The van der Waals surface area contributed by atoms with E-state index in [0.717, 1.165) is 6.42 Å². The van der Waals surface area contributed by atoms with Crippen molar-refractivity contribution in [2.45, 2.75) is 45.8 Å². The second-order valence-electron chi connectivity index (χ2n) is 4.27. The Morgan fingerprint density at radius 1 is 1.43 bits per heavy atom. The van der Waals surface area contributed by atoms with Gasteiger partial charge in [0.05, 0.1) is 6.61 Å². The normalized spacial score (nSPS) is 13.8. The van der Waals surface area contributed by atoms with E-state index in [9.17, 15) is 4.79 Å². The molecule has 2 N–H and O–H groups in total. The number of ether oxygens (including phenoxy) is 2. The van der Waals surface area contributed by atoms with Crippen LogP contribution in [-0.4, -0.2) is 30.8 Å². The lowest BCUT2D eigenvalue weighted by molar-refractivity contribution is -0.160. The highest BCUT2D eigenvalue weighted by Crippen LogP contribution is 2.06. The second-order valence-corrected chi connectivity index (χ2v) is 4.27. The van der Waals surface area contributed by atoms with Crippen molar-refractivity contribution in [2.75, 3.05) is 13.2 Å². The molecular formula is C10H21NO3. The van der Waals surface area contributed by atoms with Crippen LogP contribution in [0, 0.1) is 0 Å². The zero-order valence-corrected chi connectivity index (χ0v) is 9.50. The van der Waals surface area contributed by atoms with E-state index in [4.69, 9.17) is 15.2 Å². The monoisotopic (exact) mass is 203 g/mol. The van der Waals surface area contributed by atoms with Gasteiger partial charge in [-0.05, 0) is 27.2 Å². The van der Waals surface area contributed by atoms with Gasteiger partial charge in [0.2, 0.25) is 0 Å². The van der Waals surface area contributed by atoms with Crippen LogP contribution in [0.5, 0.6) is 0 Å². The first kappa shape index (κ1) is 13.4. The summed E-state index contributed by atoms with van der Waals surface area (Å²) in [4.78, 5) is 11.1. The molecule has 0 aromatic carbocycles. The number of hydrogen-bond donors (Lipinski definition) is 1. The molecule has 0 spiro atoms. The molecular weight excluding hydrogens is 182 g/mol. The summed E-state index contributed by atoms with van der Waals surface area (Å²) in [7, 11) is 0. The quantitative estimate of drug-likeness (QED) is 0.679. The summed E-state index contributed by atoms with van der Waals surface area (Å²) in [6.07, 6.45) is 0.842. The molecule has 0 aliphatic heterocycles. The maximum Gasteiger partial charge on any atom is 0.332 e. The first-order valence-corrected chi connectivity index (χ1v) is 4.90. The average Bonchev–Trinajstić information content (AvgIpc) is 2.00. The van der Waals surface area contributed by atoms with E-state index in [-0.39, 0.29) is 18.6 Å². The Hall–Kier alpha value is -0.610. The molecule has 0 aromatic rings. The molecule has 1 unspecified atom stereocenters. The summed E-state index contributed by atoms with van der Waals surface area (Å²) in [5.74, 6) is -0.346. The third-order valence-corrected chi connectivity index (χ3v) is 1.50. The molecule has 4 nitrogen and oxygen atoms in total. The Balaban J connectivity index is 3.55. The largest absolute Gasteiger partial charge is 0.458 e. The highest BCUT2D eigenvalue weighted by molar-refractivity contribution is 5.71. The fourth-order valence-electron chi connectivity index (χ4n) is 0.782. The molecule has 14 heavy (non-hydrogen) atoms. The van der Waals surface area contributed by atoms with E-state index in [1.54, 1.807) is 0 Å². The summed E-state index contributed by atoms with van der Waals surface area (Å²) in [6.45, 7) is 7.82. The molecule has 0 rings (SSSR count). The van der Waals surface area contributed by atoms with Crippen LogP contribution in [0.15, 0.2) is 0 Å². The van der Waals surface area contributed by atoms with E-state index in [1.165, 1.54) is 0 Å². The third-order valence-electron chi connectivity index (χ3n) is 1.50. The lowest BCUT2D eigenvalue weighted by Gasteiger charge is -2.19. The van der Waals surface area contributed by atoms with Crippen LogP contribution in [0.3, 0.4) is 0 Å². The SMILES string of the molecule is CCC(N)COCC(=O)OC(C)(C)C. The molecule has 0 aliphatic carbocycles. The minimum atomic E-state index is -0.451. The van der Waals surface area contributed by atoms with Gasteiger partial charge in [0.15, 0.2) is 0 Å². The molecule has 1 atom stereocenters. The fourth-order valence-corrected chi connectivity index (χ4v) is 0.782. The van der Waals surface area contributed by atoms with Gasteiger partial charge >= 0.3 is 5.97 Å². The highest BCUT2D eigenvalue weighted by Gasteiger charge is 2.16. The molecule has 0 saturated heterocycles. The Morgan fingerprint density at radius 2 is 2.00 bits per heavy atom. The van der Waals surface area contributed by atoms with Crippen LogP contribution in [-0.2, 0) is 14.3 Å². The van der Waals surface area contributed by atoms with Crippen molar-refractivity contribution >= 4 is 5.97 Å². The molecule has 0 radical (unpaired) electrons. The van der Waals surface area contributed by atoms with Crippen LogP contribution < -0.4 is 5.73 Å². The summed E-state index contributed by atoms with van der Waals surface area (Å²) in [5.41, 5.74) is 5.16. The van der Waals surface area contributed by atoms with E-state index < -0.39 is 5.60 Å². The summed E-state index contributed by atoms with van der Waals surface area (Å²) in [5, 5.41) is 0. The predicted octanol–water partition coefficient (Wildman–Crippen LogP) is 1.08. The maximum atomic E-state index is 11.1. The highest BCUT2D eigenvalue weighted by atomic mass is 16.6. The predicted molar refractivity (Wildman–Crippen MR) is 54.9 cm³/mol. The maximum absolute atomic E-state index is 11.1. The Morgan fingerprint density at radius 3 is 2.43 bits per heavy atom. The van der Waals surface area contributed by atoms with E-state index in [1.807, 2.05) is 27.7 Å². The molecule has 0 aromatic heterocycles.